The van der Waals surface area contributed by atoms with Crippen LogP contribution in [0.5, 0.6) is 0 Å². The van der Waals surface area contributed by atoms with Crippen LogP contribution >= 0.6 is 46.4 Å². The summed E-state index contributed by atoms with van der Waals surface area (Å²) in [5.74, 6) is -0.238. The summed E-state index contributed by atoms with van der Waals surface area (Å²) in [4.78, 5) is 11.9. The zero-order valence-corrected chi connectivity index (χ0v) is 20.5. The molecule has 182 valence electrons. The van der Waals surface area contributed by atoms with Crippen LogP contribution in [0.25, 0.3) is 0 Å². The zero-order chi connectivity index (χ0) is 25.0. The Kier molecular flexibility index (Phi) is 9.56. The summed E-state index contributed by atoms with van der Waals surface area (Å²) < 4.78 is 46.4. The number of alkyl halides is 3. The predicted molar refractivity (Wildman–Crippen MR) is 124 cm³/mol. The molecule has 2 rings (SSSR count). The lowest BCUT2D eigenvalue weighted by Gasteiger charge is -2.32. The molecule has 0 unspecified atom stereocenters. The highest BCUT2D eigenvalue weighted by Gasteiger charge is 2.55. The first-order valence-electron chi connectivity index (χ1n) is 9.54. The molecular formula is C21H21Cl4F3N2O3. The van der Waals surface area contributed by atoms with E-state index in [0.717, 1.165) is 12.1 Å². The van der Waals surface area contributed by atoms with Gasteiger partial charge >= 0.3 is 6.18 Å². The molecule has 2 aromatic rings. The van der Waals surface area contributed by atoms with E-state index >= 15 is 0 Å². The fraction of sp³-hybridized carbons (Fsp3) is 0.381. The minimum atomic E-state index is -5.06. The highest BCUT2D eigenvalue weighted by atomic mass is 35.5. The molecule has 5 nitrogen and oxygen atoms in total. The van der Waals surface area contributed by atoms with Gasteiger partial charge in [0.05, 0.1) is 34.1 Å². The quantitative estimate of drug-likeness (QED) is 0.327. The van der Waals surface area contributed by atoms with Gasteiger partial charge in [-0.3, -0.25) is 4.79 Å². The maximum Gasteiger partial charge on any atom is 0.423 e. The van der Waals surface area contributed by atoms with E-state index < -0.39 is 23.9 Å². The van der Waals surface area contributed by atoms with Crippen LogP contribution in [0.3, 0.4) is 0 Å². The Bertz CT molecular complexity index is 984. The van der Waals surface area contributed by atoms with Crippen LogP contribution in [0.2, 0.25) is 20.1 Å². The summed E-state index contributed by atoms with van der Waals surface area (Å²) >= 11 is 23.7. The van der Waals surface area contributed by atoms with Crippen LogP contribution in [-0.4, -0.2) is 36.9 Å². The van der Waals surface area contributed by atoms with E-state index in [-0.39, 0.29) is 50.8 Å². The number of methoxy groups -OCH3 is 1. The minimum Gasteiger partial charge on any atom is -0.381 e. The van der Waals surface area contributed by atoms with E-state index in [1.54, 1.807) is 13.0 Å². The number of carbonyl (C=O) groups is 1. The molecule has 0 heterocycles. The Morgan fingerprint density at radius 1 is 1.09 bits per heavy atom. The maximum absolute atomic E-state index is 13.8. The zero-order valence-electron chi connectivity index (χ0n) is 17.5. The van der Waals surface area contributed by atoms with Gasteiger partial charge in [0.15, 0.2) is 0 Å². The third-order valence-corrected chi connectivity index (χ3v) is 6.43. The van der Waals surface area contributed by atoms with Crippen molar-refractivity contribution in [1.29, 1.82) is 0 Å². The number of amides is 1. The predicted octanol–water partition coefficient (Wildman–Crippen LogP) is 6.20. The van der Waals surface area contributed by atoms with Gasteiger partial charge in [0.1, 0.15) is 0 Å². The van der Waals surface area contributed by atoms with E-state index in [9.17, 15) is 23.1 Å². The molecule has 0 aliphatic rings. The van der Waals surface area contributed by atoms with Gasteiger partial charge in [0.25, 0.3) is 0 Å². The molecule has 2 atom stereocenters. The van der Waals surface area contributed by atoms with E-state index in [0.29, 0.717) is 5.56 Å². The molecule has 33 heavy (non-hydrogen) atoms. The number of ether oxygens (including phenoxy) is 1. The van der Waals surface area contributed by atoms with Crippen molar-refractivity contribution in [3.8, 4) is 0 Å². The number of hydrogen-bond donors (Lipinski definition) is 3. The number of anilines is 1. The molecule has 0 bridgehead atoms. The van der Waals surface area contributed by atoms with E-state index in [1.807, 2.05) is 0 Å². The number of benzene rings is 2. The molecule has 0 saturated carbocycles. The molecule has 0 aliphatic carbocycles. The summed E-state index contributed by atoms with van der Waals surface area (Å²) in [7, 11) is 1.50. The number of carbonyl (C=O) groups excluding carboxylic acids is 1. The van der Waals surface area contributed by atoms with Gasteiger partial charge in [-0.1, -0.05) is 52.5 Å². The third kappa shape index (κ3) is 7.04. The van der Waals surface area contributed by atoms with Gasteiger partial charge in [-0.15, -0.1) is 0 Å². The molecule has 0 spiro atoms. The Morgan fingerprint density at radius 3 is 2.21 bits per heavy atom. The smallest absolute Gasteiger partial charge is 0.381 e. The highest BCUT2D eigenvalue weighted by Crippen LogP contribution is 2.43. The second-order valence-electron chi connectivity index (χ2n) is 7.30. The van der Waals surface area contributed by atoms with Crippen molar-refractivity contribution in [1.82, 2.24) is 5.32 Å². The Morgan fingerprint density at radius 2 is 1.70 bits per heavy atom. The average Bonchev–Trinajstić information content (AvgIpc) is 2.73. The van der Waals surface area contributed by atoms with Crippen molar-refractivity contribution < 1.29 is 27.8 Å². The first-order valence-corrected chi connectivity index (χ1v) is 11.1. The molecule has 2 aromatic carbocycles. The van der Waals surface area contributed by atoms with Crippen molar-refractivity contribution >= 4 is 58.0 Å². The van der Waals surface area contributed by atoms with Gasteiger partial charge in [0, 0.05) is 24.4 Å². The van der Waals surface area contributed by atoms with E-state index in [4.69, 9.17) is 51.1 Å². The number of rotatable bonds is 9. The fourth-order valence-electron chi connectivity index (χ4n) is 2.80. The molecule has 0 saturated heterocycles. The lowest BCUT2D eigenvalue weighted by atomic mass is 9.92. The first-order chi connectivity index (χ1) is 15.3. The normalized spacial score (nSPS) is 14.5. The highest BCUT2D eigenvalue weighted by molar-refractivity contribution is 6.48. The molecule has 0 fully saturated rings. The summed E-state index contributed by atoms with van der Waals surface area (Å²) in [6.07, 6.45) is -5.14. The lowest BCUT2D eigenvalue weighted by Crippen LogP contribution is -2.47. The summed E-state index contributed by atoms with van der Waals surface area (Å²) in [6.45, 7) is 0.926. The summed E-state index contributed by atoms with van der Waals surface area (Å²) in [5.41, 5.74) is -3.11. The molecule has 1 amide bonds. The van der Waals surface area contributed by atoms with Crippen LogP contribution in [-0.2, 0) is 21.7 Å². The monoisotopic (exact) mass is 546 g/mol. The van der Waals surface area contributed by atoms with Gasteiger partial charge in [0.2, 0.25) is 11.5 Å². The third-order valence-electron chi connectivity index (χ3n) is 4.88. The van der Waals surface area contributed by atoms with E-state index in [1.165, 1.54) is 19.2 Å². The van der Waals surface area contributed by atoms with E-state index in [2.05, 4.69) is 10.6 Å². The summed E-state index contributed by atoms with van der Waals surface area (Å²) in [6, 6.07) is 6.23. The van der Waals surface area contributed by atoms with Gasteiger partial charge in [-0.25, -0.2) is 0 Å². The first kappa shape index (κ1) is 27.8. The fourth-order valence-corrected chi connectivity index (χ4v) is 3.64. The number of aliphatic hydroxyl groups is 1. The van der Waals surface area contributed by atoms with Crippen LogP contribution < -0.4 is 10.6 Å². The van der Waals surface area contributed by atoms with Gasteiger partial charge in [-0.2, -0.15) is 13.2 Å². The largest absolute Gasteiger partial charge is 0.423 e. The number of halogens is 7. The molecule has 0 aliphatic heterocycles. The molecule has 0 radical (unpaired) electrons. The lowest BCUT2D eigenvalue weighted by molar-refractivity contribution is -0.260. The minimum absolute atomic E-state index is 0.120. The number of hydrogen-bond acceptors (Lipinski definition) is 4. The van der Waals surface area contributed by atoms with Crippen LogP contribution in [0.4, 0.5) is 18.9 Å². The molecule has 12 heteroatoms. The Labute approximate surface area is 209 Å². The topological polar surface area (TPSA) is 70.6 Å². The van der Waals surface area contributed by atoms with Gasteiger partial charge < -0.3 is 20.5 Å². The Hall–Kier alpha value is -1.42. The van der Waals surface area contributed by atoms with Crippen molar-refractivity contribution in [2.45, 2.75) is 37.8 Å². The van der Waals surface area contributed by atoms with Crippen molar-refractivity contribution in [3.05, 3.63) is 61.5 Å². The van der Waals surface area contributed by atoms with Crippen molar-refractivity contribution in [2.24, 2.45) is 0 Å². The maximum atomic E-state index is 13.8. The van der Waals surface area contributed by atoms with Crippen LogP contribution in [0.15, 0.2) is 30.3 Å². The Balaban J connectivity index is 2.16. The van der Waals surface area contributed by atoms with Crippen molar-refractivity contribution in [3.63, 3.8) is 0 Å². The SMILES string of the molecule is CO[C@H](C)CC(=O)NCc1ccc(NC[C@](O)(c2cc(Cl)c(Cl)c(Cl)c2)C(F)(F)F)cc1Cl. The average molecular weight is 548 g/mol. The standard InChI is InChI=1S/C21H21Cl4F3N2O3/c1-11(33-2)5-18(31)29-9-12-3-4-14(8-15(12)22)30-10-20(32,21(26,27)28)13-6-16(23)19(25)17(24)7-13/h3-4,6-8,11,30,32H,5,9-10H2,1-2H3,(H,29,31)/t11-,20+/m1/s1. The van der Waals surface area contributed by atoms with Crippen molar-refractivity contribution in [2.75, 3.05) is 19.0 Å². The van der Waals surface area contributed by atoms with Crippen LogP contribution in [0, 0.1) is 0 Å². The summed E-state index contributed by atoms with van der Waals surface area (Å²) in [5, 5.41) is 15.4. The molecule has 3 N–H and O–H groups in total. The number of nitrogens with one attached hydrogen (secondary N) is 2. The molecule has 0 aromatic heterocycles. The van der Waals surface area contributed by atoms with Crippen LogP contribution in [0.1, 0.15) is 24.5 Å². The second-order valence-corrected chi connectivity index (χ2v) is 8.90. The van der Waals surface area contributed by atoms with Gasteiger partial charge in [-0.05, 0) is 42.3 Å². The second kappa shape index (κ2) is 11.3. The molecular weight excluding hydrogens is 527 g/mol.